The molecule has 4 aliphatic carbocycles. The highest BCUT2D eigenvalue weighted by Gasteiger charge is 2.67. The summed E-state index contributed by atoms with van der Waals surface area (Å²) in [7, 11) is -3.64. The van der Waals surface area contributed by atoms with Gasteiger partial charge >= 0.3 is 6.09 Å². The third-order valence-corrected chi connectivity index (χ3v) is 11.5. The van der Waals surface area contributed by atoms with Crippen molar-refractivity contribution in [1.29, 1.82) is 0 Å². The molecule has 1 aromatic carbocycles. The van der Waals surface area contributed by atoms with Gasteiger partial charge in [-0.25, -0.2) is 13.2 Å². The van der Waals surface area contributed by atoms with E-state index in [-0.39, 0.29) is 23.5 Å². The lowest BCUT2D eigenvalue weighted by Crippen LogP contribution is -2.55. The van der Waals surface area contributed by atoms with Crippen LogP contribution in [0, 0.1) is 36.0 Å². The molecule has 4 saturated carbocycles. The highest BCUT2D eigenvalue weighted by atomic mass is 32.2. The Hall–Kier alpha value is -1.82. The first-order chi connectivity index (χ1) is 16.0. The third kappa shape index (κ3) is 3.38. The van der Waals surface area contributed by atoms with Crippen LogP contribution in [-0.2, 0) is 14.6 Å². The summed E-state index contributed by atoms with van der Waals surface area (Å²) in [6.45, 7) is 7.58. The van der Waals surface area contributed by atoms with Crippen LogP contribution in [0.4, 0.5) is 4.79 Å². The number of aryl methyl sites for hydroxylation is 1. The van der Waals surface area contributed by atoms with Crippen molar-refractivity contribution in [2.75, 3.05) is 0 Å². The van der Waals surface area contributed by atoms with Crippen molar-refractivity contribution < 1.29 is 17.9 Å². The molecule has 0 unspecified atom stereocenters. The molecule has 4 atom stereocenters. The molecule has 0 aromatic heterocycles. The molecule has 1 amide bonds. The van der Waals surface area contributed by atoms with E-state index in [0.717, 1.165) is 24.8 Å². The molecule has 34 heavy (non-hydrogen) atoms. The number of nitrogens with zero attached hydrogens (tertiary/aromatic N) is 1. The van der Waals surface area contributed by atoms with Gasteiger partial charge in [0, 0.05) is 5.92 Å². The minimum absolute atomic E-state index is 0.00161. The van der Waals surface area contributed by atoms with Gasteiger partial charge in [0.25, 0.3) is 0 Å². The highest BCUT2D eigenvalue weighted by Crippen LogP contribution is 2.66. The van der Waals surface area contributed by atoms with E-state index in [1.54, 1.807) is 17.0 Å². The molecule has 0 radical (unpaired) electrons. The van der Waals surface area contributed by atoms with Crippen LogP contribution in [0.5, 0.6) is 0 Å². The van der Waals surface area contributed by atoms with Gasteiger partial charge in [0.05, 0.1) is 22.2 Å². The third-order valence-electron chi connectivity index (χ3n) is 9.31. The number of rotatable bonds is 3. The van der Waals surface area contributed by atoms with E-state index in [0.29, 0.717) is 22.6 Å². The molecule has 5 fully saturated rings. The van der Waals surface area contributed by atoms with E-state index in [4.69, 9.17) is 4.74 Å². The van der Waals surface area contributed by atoms with Crippen LogP contribution < -0.4 is 0 Å². The average Bonchev–Trinajstić information content (AvgIpc) is 3.29. The van der Waals surface area contributed by atoms with Crippen LogP contribution in [0.2, 0.25) is 0 Å². The fraction of sp³-hybridized carbons (Fsp3) is 0.679. The van der Waals surface area contributed by atoms with Crippen molar-refractivity contribution in [3.05, 3.63) is 42.0 Å². The minimum Gasteiger partial charge on any atom is -0.444 e. The van der Waals surface area contributed by atoms with Crippen LogP contribution >= 0.6 is 0 Å². The van der Waals surface area contributed by atoms with Gasteiger partial charge in [0.2, 0.25) is 0 Å². The van der Waals surface area contributed by atoms with E-state index in [1.165, 1.54) is 19.3 Å². The zero-order chi connectivity index (χ0) is 24.0. The Balaban J connectivity index is 1.45. The first kappa shape index (κ1) is 22.6. The number of benzene rings is 1. The number of hydrogen-bond donors (Lipinski definition) is 0. The molecule has 184 valence electrons. The number of hydrogen-bond acceptors (Lipinski definition) is 4. The van der Waals surface area contributed by atoms with Crippen LogP contribution in [0.15, 0.2) is 41.3 Å². The molecule has 6 bridgehead atoms. The second-order valence-electron chi connectivity index (χ2n) is 12.9. The van der Waals surface area contributed by atoms with Gasteiger partial charge in [0.1, 0.15) is 5.60 Å². The Kier molecular flexibility index (Phi) is 4.89. The van der Waals surface area contributed by atoms with Crippen molar-refractivity contribution in [1.82, 2.24) is 4.90 Å². The average molecular weight is 484 g/mol. The molecule has 6 aliphatic rings. The monoisotopic (exact) mass is 483 g/mol. The molecule has 5 nitrogen and oxygen atoms in total. The molecule has 0 N–H and O–H groups in total. The van der Waals surface area contributed by atoms with Crippen molar-refractivity contribution in [2.45, 2.75) is 94.1 Å². The van der Waals surface area contributed by atoms with Crippen LogP contribution in [0.25, 0.3) is 0 Å². The second kappa shape index (κ2) is 7.35. The topological polar surface area (TPSA) is 63.7 Å². The maximum atomic E-state index is 14.3. The van der Waals surface area contributed by atoms with Gasteiger partial charge in [0.15, 0.2) is 9.84 Å². The van der Waals surface area contributed by atoms with Crippen molar-refractivity contribution >= 4 is 15.9 Å². The molecular weight excluding hydrogens is 446 g/mol. The molecule has 6 heteroatoms. The van der Waals surface area contributed by atoms with E-state index < -0.39 is 26.7 Å². The van der Waals surface area contributed by atoms with Gasteiger partial charge in [-0.2, -0.15) is 0 Å². The Morgan fingerprint density at radius 1 is 0.941 bits per heavy atom. The summed E-state index contributed by atoms with van der Waals surface area (Å²) in [6, 6.07) is 6.57. The molecular formula is C28H37NO4S. The molecule has 1 aromatic rings. The van der Waals surface area contributed by atoms with E-state index in [9.17, 15) is 13.2 Å². The van der Waals surface area contributed by atoms with Gasteiger partial charge < -0.3 is 4.74 Å². The Labute approximate surface area is 203 Å². The van der Waals surface area contributed by atoms with Crippen LogP contribution in [-0.4, -0.2) is 42.3 Å². The summed E-state index contributed by atoms with van der Waals surface area (Å²) < 4.78 is 34.4. The number of carbonyl (C=O) groups excluding carboxylic acids is 1. The number of sulfone groups is 1. The molecule has 7 rings (SSSR count). The van der Waals surface area contributed by atoms with E-state index >= 15 is 0 Å². The number of amides is 1. The smallest absolute Gasteiger partial charge is 0.411 e. The maximum absolute atomic E-state index is 14.3. The SMILES string of the molecule is Cc1ccc(S(=O)(=O)[C@H]2[C@H](C34CC5CC(CC(C5)C3)C4)[C@H]3C=C[C@@H]2N3C(=O)OC(C)(C)C)cc1. The van der Waals surface area contributed by atoms with E-state index in [1.807, 2.05) is 45.9 Å². The Bertz CT molecular complexity index is 1090. The quantitative estimate of drug-likeness (QED) is 0.531. The number of fused-ring (bicyclic) bond motifs is 2. The van der Waals surface area contributed by atoms with Crippen LogP contribution in [0.3, 0.4) is 0 Å². The van der Waals surface area contributed by atoms with Crippen LogP contribution in [0.1, 0.15) is 64.9 Å². The summed E-state index contributed by atoms with van der Waals surface area (Å²) >= 11 is 0. The zero-order valence-corrected chi connectivity index (χ0v) is 21.6. The lowest BCUT2D eigenvalue weighted by molar-refractivity contribution is -0.0895. The fourth-order valence-corrected chi connectivity index (χ4v) is 10.9. The molecule has 2 heterocycles. The van der Waals surface area contributed by atoms with Crippen molar-refractivity contribution in [3.63, 3.8) is 0 Å². The maximum Gasteiger partial charge on any atom is 0.411 e. The fourth-order valence-electron chi connectivity index (χ4n) is 8.70. The minimum atomic E-state index is -3.64. The Morgan fingerprint density at radius 2 is 1.47 bits per heavy atom. The summed E-state index contributed by atoms with van der Waals surface area (Å²) in [5, 5.41) is -0.617. The summed E-state index contributed by atoms with van der Waals surface area (Å²) in [4.78, 5) is 15.6. The van der Waals surface area contributed by atoms with Gasteiger partial charge in [-0.1, -0.05) is 29.8 Å². The Morgan fingerprint density at radius 3 is 2.00 bits per heavy atom. The van der Waals surface area contributed by atoms with Gasteiger partial charge in [-0.3, -0.25) is 4.90 Å². The lowest BCUT2D eigenvalue weighted by atomic mass is 9.45. The molecule has 2 aliphatic heterocycles. The number of ether oxygens (including phenoxy) is 1. The summed E-state index contributed by atoms with van der Waals surface area (Å²) in [5.41, 5.74) is 0.419. The standard InChI is InChI=1S/C28H37NO4S/c1-17-5-7-21(8-6-17)34(31,32)25-23-10-9-22(29(23)26(30)33-27(2,3)4)24(25)28-14-18-11-19(15-28)13-20(12-18)16-28/h5-10,18-20,22-25H,11-16H2,1-4H3/t18?,19?,20?,22-,23+,24-,25-,28?/m1/s1. The van der Waals surface area contributed by atoms with Crippen molar-refractivity contribution in [3.8, 4) is 0 Å². The van der Waals surface area contributed by atoms with E-state index in [2.05, 4.69) is 6.08 Å². The zero-order valence-electron chi connectivity index (χ0n) is 20.7. The lowest BCUT2D eigenvalue weighted by Gasteiger charge is -2.60. The highest BCUT2D eigenvalue weighted by molar-refractivity contribution is 7.92. The second-order valence-corrected chi connectivity index (χ2v) is 15.0. The van der Waals surface area contributed by atoms with Crippen molar-refractivity contribution in [2.24, 2.45) is 29.1 Å². The number of carbonyl (C=O) groups is 1. The normalized spacial score (nSPS) is 40.2. The largest absolute Gasteiger partial charge is 0.444 e. The molecule has 1 saturated heterocycles. The first-order valence-electron chi connectivity index (χ1n) is 13.0. The first-order valence-corrected chi connectivity index (χ1v) is 14.5. The molecule has 0 spiro atoms. The predicted octanol–water partition coefficient (Wildman–Crippen LogP) is 5.53. The predicted molar refractivity (Wildman–Crippen MR) is 131 cm³/mol. The summed E-state index contributed by atoms with van der Waals surface area (Å²) in [5.74, 6) is 2.07. The van der Waals surface area contributed by atoms with Gasteiger partial charge in [-0.05, 0) is 102 Å². The summed E-state index contributed by atoms with van der Waals surface area (Å²) in [6.07, 6.45) is 10.9. The van der Waals surface area contributed by atoms with Gasteiger partial charge in [-0.15, -0.1) is 0 Å².